The van der Waals surface area contributed by atoms with Gasteiger partial charge in [-0.2, -0.15) is 0 Å². The van der Waals surface area contributed by atoms with E-state index in [1.54, 1.807) is 11.0 Å². The van der Waals surface area contributed by atoms with Crippen LogP contribution < -0.4 is 10.6 Å². The normalized spacial score (nSPS) is 23.1. The van der Waals surface area contributed by atoms with Gasteiger partial charge >= 0.3 is 0 Å². The van der Waals surface area contributed by atoms with Crippen LogP contribution in [0.5, 0.6) is 0 Å². The van der Waals surface area contributed by atoms with E-state index in [1.807, 2.05) is 55.5 Å². The lowest BCUT2D eigenvalue weighted by Gasteiger charge is -2.34. The zero-order valence-electron chi connectivity index (χ0n) is 16.8. The molecule has 0 saturated carbocycles. The molecule has 7 heteroatoms. The van der Waals surface area contributed by atoms with E-state index in [2.05, 4.69) is 10.6 Å². The highest BCUT2D eigenvalue weighted by molar-refractivity contribution is 5.98. The smallest absolute Gasteiger partial charge is 0.251 e. The third kappa shape index (κ3) is 4.36. The maximum atomic E-state index is 12.9. The van der Waals surface area contributed by atoms with Gasteiger partial charge in [0.1, 0.15) is 12.1 Å². The molecular weight excluding hydrogens is 382 g/mol. The zero-order valence-corrected chi connectivity index (χ0v) is 16.8. The van der Waals surface area contributed by atoms with Crippen molar-refractivity contribution in [3.63, 3.8) is 0 Å². The van der Waals surface area contributed by atoms with Gasteiger partial charge in [-0.1, -0.05) is 48.0 Å². The maximum absolute atomic E-state index is 12.9. The molecular formula is C23H25N3O4. The number of amides is 3. The Bertz CT molecular complexity index is 946. The molecule has 0 aromatic heterocycles. The van der Waals surface area contributed by atoms with Gasteiger partial charge in [0.15, 0.2) is 0 Å². The molecule has 30 heavy (non-hydrogen) atoms. The van der Waals surface area contributed by atoms with E-state index in [0.717, 1.165) is 11.1 Å². The predicted octanol–water partition coefficient (Wildman–Crippen LogP) is 1.41. The Morgan fingerprint density at radius 1 is 1.17 bits per heavy atom. The first-order valence-electron chi connectivity index (χ1n) is 10.1. The minimum atomic E-state index is -0.705. The summed E-state index contributed by atoms with van der Waals surface area (Å²) in [7, 11) is 0. The first kappa shape index (κ1) is 20.1. The number of hydrogen-bond acceptors (Lipinski definition) is 4. The molecule has 0 spiro atoms. The summed E-state index contributed by atoms with van der Waals surface area (Å²) >= 11 is 0. The average Bonchev–Trinajstić information content (AvgIpc) is 3.17. The van der Waals surface area contributed by atoms with E-state index >= 15 is 0 Å². The molecule has 3 atom stereocenters. The molecule has 7 nitrogen and oxygen atoms in total. The number of nitrogens with one attached hydrogen (secondary N) is 2. The molecule has 0 bridgehead atoms. The Kier molecular flexibility index (Phi) is 5.81. The Balaban J connectivity index is 1.34. The monoisotopic (exact) mass is 407 g/mol. The molecule has 2 aliphatic rings. The third-order valence-corrected chi connectivity index (χ3v) is 5.51. The second-order valence-electron chi connectivity index (χ2n) is 7.84. The van der Waals surface area contributed by atoms with Gasteiger partial charge in [0.2, 0.25) is 11.8 Å². The van der Waals surface area contributed by atoms with Crippen LogP contribution in [0.15, 0.2) is 54.6 Å². The Labute approximate surface area is 175 Å². The van der Waals surface area contributed by atoms with Gasteiger partial charge < -0.3 is 20.3 Å². The number of piperazine rings is 1. The summed E-state index contributed by atoms with van der Waals surface area (Å²) in [6.07, 6.45) is 0.409. The lowest BCUT2D eigenvalue weighted by molar-refractivity contribution is -0.148. The van der Waals surface area contributed by atoms with E-state index in [4.69, 9.17) is 4.74 Å². The van der Waals surface area contributed by atoms with Crippen LogP contribution in [0, 0.1) is 6.92 Å². The van der Waals surface area contributed by atoms with Crippen molar-refractivity contribution in [3.05, 3.63) is 71.3 Å². The van der Waals surface area contributed by atoms with Crippen molar-refractivity contribution in [2.24, 2.45) is 0 Å². The van der Waals surface area contributed by atoms with Crippen molar-refractivity contribution >= 4 is 17.7 Å². The quantitative estimate of drug-likeness (QED) is 0.758. The van der Waals surface area contributed by atoms with Crippen molar-refractivity contribution in [2.45, 2.75) is 38.1 Å². The summed E-state index contributed by atoms with van der Waals surface area (Å²) in [4.78, 5) is 39.5. The van der Waals surface area contributed by atoms with Gasteiger partial charge in [0, 0.05) is 18.2 Å². The number of rotatable bonds is 6. The molecule has 0 unspecified atom stereocenters. The molecule has 156 valence electrons. The van der Waals surface area contributed by atoms with E-state index in [0.29, 0.717) is 25.1 Å². The highest BCUT2D eigenvalue weighted by Crippen LogP contribution is 2.23. The number of carbonyl (C=O) groups is 3. The number of ether oxygens (including phenoxy) is 1. The van der Waals surface area contributed by atoms with Gasteiger partial charge in [0.25, 0.3) is 5.91 Å². The molecule has 2 N–H and O–H groups in total. The minimum Gasteiger partial charge on any atom is -0.374 e. The van der Waals surface area contributed by atoms with Crippen molar-refractivity contribution in [2.75, 3.05) is 13.2 Å². The SMILES string of the molecule is Cc1cccc(C(=O)N[C@H]2C[C@H]3C(=O)N[C@@H](COCc4ccccc4)C(=O)N3C2)c1. The number of carbonyl (C=O) groups excluding carboxylic acids is 3. The summed E-state index contributed by atoms with van der Waals surface area (Å²) in [5.74, 6) is -0.561. The number of aryl methyl sites for hydroxylation is 1. The fraction of sp³-hybridized carbons (Fsp3) is 0.348. The lowest BCUT2D eigenvalue weighted by Crippen LogP contribution is -2.62. The highest BCUT2D eigenvalue weighted by atomic mass is 16.5. The van der Waals surface area contributed by atoms with Crippen LogP contribution in [0.2, 0.25) is 0 Å². The number of hydrogen-bond donors (Lipinski definition) is 2. The first-order chi connectivity index (χ1) is 14.5. The Morgan fingerprint density at radius 2 is 1.97 bits per heavy atom. The highest BCUT2D eigenvalue weighted by Gasteiger charge is 2.46. The topological polar surface area (TPSA) is 87.7 Å². The van der Waals surface area contributed by atoms with Gasteiger partial charge in [-0.25, -0.2) is 0 Å². The minimum absolute atomic E-state index is 0.114. The van der Waals surface area contributed by atoms with E-state index in [-0.39, 0.29) is 30.4 Å². The second-order valence-corrected chi connectivity index (χ2v) is 7.84. The molecule has 3 amide bonds. The van der Waals surface area contributed by atoms with Crippen LogP contribution in [-0.2, 0) is 20.9 Å². The number of benzene rings is 2. The van der Waals surface area contributed by atoms with E-state index in [1.165, 1.54) is 0 Å². The summed E-state index contributed by atoms with van der Waals surface area (Å²) < 4.78 is 5.65. The van der Waals surface area contributed by atoms with Gasteiger partial charge in [0.05, 0.1) is 13.2 Å². The van der Waals surface area contributed by atoms with Crippen LogP contribution in [0.1, 0.15) is 27.9 Å². The summed E-state index contributed by atoms with van der Waals surface area (Å²) in [5.41, 5.74) is 2.58. The van der Waals surface area contributed by atoms with E-state index in [9.17, 15) is 14.4 Å². The van der Waals surface area contributed by atoms with Crippen molar-refractivity contribution < 1.29 is 19.1 Å². The third-order valence-electron chi connectivity index (χ3n) is 5.51. The fourth-order valence-electron chi connectivity index (χ4n) is 4.00. The molecule has 4 rings (SSSR count). The van der Waals surface area contributed by atoms with Crippen LogP contribution in [-0.4, -0.2) is 53.9 Å². The van der Waals surface area contributed by atoms with Crippen LogP contribution in [0.4, 0.5) is 0 Å². The molecule has 2 aromatic carbocycles. The number of nitrogens with zero attached hydrogens (tertiary/aromatic N) is 1. The lowest BCUT2D eigenvalue weighted by atomic mass is 10.1. The second kappa shape index (κ2) is 8.67. The Hall–Kier alpha value is -3.19. The molecule has 2 saturated heterocycles. The molecule has 0 radical (unpaired) electrons. The summed E-state index contributed by atoms with van der Waals surface area (Å²) in [6, 6.07) is 15.5. The Morgan fingerprint density at radius 3 is 2.73 bits per heavy atom. The average molecular weight is 407 g/mol. The van der Waals surface area contributed by atoms with Gasteiger partial charge in [-0.05, 0) is 31.0 Å². The van der Waals surface area contributed by atoms with Crippen LogP contribution in [0.3, 0.4) is 0 Å². The molecule has 0 aliphatic carbocycles. The standard InChI is InChI=1S/C23H25N3O4/c1-15-6-5-9-17(10-15)21(27)24-18-11-20-22(28)25-19(23(29)26(20)12-18)14-30-13-16-7-3-2-4-8-16/h2-10,18-20H,11-14H2,1H3,(H,24,27)(H,25,28)/t18-,19-,20-/m0/s1. The first-order valence-corrected chi connectivity index (χ1v) is 10.1. The molecule has 2 aromatic rings. The molecule has 2 aliphatic heterocycles. The van der Waals surface area contributed by atoms with Gasteiger partial charge in [-0.3, -0.25) is 14.4 Å². The largest absolute Gasteiger partial charge is 0.374 e. The maximum Gasteiger partial charge on any atom is 0.251 e. The molecule has 2 fully saturated rings. The zero-order chi connectivity index (χ0) is 21.1. The van der Waals surface area contributed by atoms with E-state index < -0.39 is 12.1 Å². The molecule has 2 heterocycles. The number of fused-ring (bicyclic) bond motifs is 1. The summed E-state index contributed by atoms with van der Waals surface area (Å²) in [6.45, 7) is 2.74. The van der Waals surface area contributed by atoms with Crippen molar-refractivity contribution in [1.82, 2.24) is 15.5 Å². The predicted molar refractivity (Wildman–Crippen MR) is 111 cm³/mol. The van der Waals surface area contributed by atoms with Gasteiger partial charge in [-0.15, -0.1) is 0 Å². The van der Waals surface area contributed by atoms with Crippen molar-refractivity contribution in [1.29, 1.82) is 0 Å². The van der Waals surface area contributed by atoms with Crippen molar-refractivity contribution in [3.8, 4) is 0 Å². The van der Waals surface area contributed by atoms with Crippen LogP contribution in [0.25, 0.3) is 0 Å². The summed E-state index contributed by atoms with van der Waals surface area (Å²) in [5, 5.41) is 5.72. The fourth-order valence-corrected chi connectivity index (χ4v) is 4.00. The van der Waals surface area contributed by atoms with Crippen LogP contribution >= 0.6 is 0 Å².